The predicted octanol–water partition coefficient (Wildman–Crippen LogP) is 9.07. The number of nitro groups is 1. The Morgan fingerprint density at radius 3 is 2.26 bits per heavy atom. The van der Waals surface area contributed by atoms with Gasteiger partial charge in [0.25, 0.3) is 21.6 Å². The van der Waals surface area contributed by atoms with E-state index in [0.717, 1.165) is 81.0 Å². The number of nitrogens with zero attached hydrogens (tertiary/aromatic N) is 5. The van der Waals surface area contributed by atoms with Gasteiger partial charge in [0.1, 0.15) is 11.9 Å². The largest absolute Gasteiger partial charge is 0.376 e. The third kappa shape index (κ3) is 12.7. The molecule has 12 nitrogen and oxygen atoms in total. The summed E-state index contributed by atoms with van der Waals surface area (Å²) in [6, 6.07) is 36.1. The molecule has 2 aliphatic heterocycles. The molecule has 0 spiro atoms. The fourth-order valence-electron chi connectivity index (χ4n) is 8.72. The predicted molar refractivity (Wildman–Crippen MR) is 260 cm³/mol. The number of sulfonamides is 1. The summed E-state index contributed by atoms with van der Waals surface area (Å²) in [5.41, 5.74) is 4.30. The van der Waals surface area contributed by atoms with Crippen molar-refractivity contribution in [3.63, 3.8) is 0 Å². The summed E-state index contributed by atoms with van der Waals surface area (Å²) in [6.45, 7) is 11.4. The number of nitrogens with one attached hydrogen (secondary N) is 2. The number of halogens is 2. The Hall–Kier alpha value is -5.03. The number of piperazine rings is 1. The molecule has 2 saturated heterocycles. The normalized spacial score (nSPS) is 17.8. The lowest BCUT2D eigenvalue weighted by atomic mass is 9.99. The molecule has 0 radical (unpaired) electrons. The number of hydrogen-bond donors (Lipinski definition) is 2. The second-order valence-electron chi connectivity index (χ2n) is 16.5. The fourth-order valence-corrected chi connectivity index (χ4v) is 10.8. The highest BCUT2D eigenvalue weighted by molar-refractivity contribution is 7.99. The van der Waals surface area contributed by atoms with Gasteiger partial charge in [0.2, 0.25) is 0 Å². The number of carbonyl (C=O) groups is 1. The topological polar surface area (TPSA) is 131 Å². The Morgan fingerprint density at radius 2 is 1.58 bits per heavy atom. The average molecular weight is 943 g/mol. The first-order valence-electron chi connectivity index (χ1n) is 22.2. The molecule has 2 unspecified atom stereocenters. The number of amides is 1. The average Bonchev–Trinajstić information content (AvgIpc) is 3.32. The third-order valence-corrected chi connectivity index (χ3v) is 15.1. The number of piperidine rings is 1. The van der Waals surface area contributed by atoms with Gasteiger partial charge in [0.15, 0.2) is 0 Å². The van der Waals surface area contributed by atoms with Crippen molar-refractivity contribution in [1.82, 2.24) is 19.4 Å². The highest BCUT2D eigenvalue weighted by Crippen LogP contribution is 2.32. The summed E-state index contributed by atoms with van der Waals surface area (Å²) in [5, 5.41) is 16.4. The van der Waals surface area contributed by atoms with Gasteiger partial charge in [-0.15, -0.1) is 11.8 Å². The van der Waals surface area contributed by atoms with E-state index < -0.39 is 37.6 Å². The zero-order valence-electron chi connectivity index (χ0n) is 36.8. The molecule has 344 valence electrons. The number of thioether (sulfide) groups is 1. The summed E-state index contributed by atoms with van der Waals surface area (Å²) in [7, 11) is -4.49. The van der Waals surface area contributed by atoms with Gasteiger partial charge in [-0.3, -0.25) is 24.7 Å². The van der Waals surface area contributed by atoms with E-state index in [4.69, 9.17) is 11.6 Å². The molecular formula is C49H57ClFN7O5S2. The van der Waals surface area contributed by atoms with Crippen LogP contribution in [0.2, 0.25) is 5.02 Å². The molecule has 0 aromatic heterocycles. The molecule has 0 aliphatic carbocycles. The minimum Gasteiger partial charge on any atom is -0.376 e. The third-order valence-electron chi connectivity index (χ3n) is 12.4. The Morgan fingerprint density at radius 1 is 0.892 bits per heavy atom. The number of alkyl halides is 1. The van der Waals surface area contributed by atoms with E-state index in [2.05, 4.69) is 61.7 Å². The van der Waals surface area contributed by atoms with E-state index in [-0.39, 0.29) is 23.3 Å². The Labute approximate surface area is 391 Å². The molecule has 5 aromatic rings. The van der Waals surface area contributed by atoms with Crippen LogP contribution in [0.15, 0.2) is 131 Å². The maximum absolute atomic E-state index is 15.4. The summed E-state index contributed by atoms with van der Waals surface area (Å²) in [5.74, 6) is -0.289. The fraction of sp³-hybridized carbons (Fsp3) is 0.367. The molecule has 0 bridgehead atoms. The standard InChI is InChI=1S/C49H57ClFN7O5S2/c1-3-56(4-2)47-25-27-54(34-45(47)51)26-24-40(35-64-42-11-6-5-7-12-42)52-46-23-22-43(32-48(46)58(60)61)65(62,63)53-49(59)37-16-20-41(21-17-37)57-30-28-55(29-31-57)33-38-10-8-9-13-44(38)36-14-18-39(50)19-15-36/h5-23,32,40,45,47,52H,3-4,24-31,33-35H2,1-2H3,(H,53,59)/t40-,45?,47?/m1/s1. The first kappa shape index (κ1) is 47.9. The number of nitro benzene ring substituents is 1. The summed E-state index contributed by atoms with van der Waals surface area (Å²) in [4.78, 5) is 34.7. The van der Waals surface area contributed by atoms with Gasteiger partial charge in [-0.05, 0) is 110 Å². The van der Waals surface area contributed by atoms with Crippen LogP contribution in [0.4, 0.5) is 21.5 Å². The molecule has 16 heteroatoms. The van der Waals surface area contributed by atoms with Gasteiger partial charge in [-0.2, -0.15) is 0 Å². The first-order valence-corrected chi connectivity index (χ1v) is 25.1. The molecular weight excluding hydrogens is 885 g/mol. The molecule has 2 heterocycles. The first-order chi connectivity index (χ1) is 31.4. The van der Waals surface area contributed by atoms with Crippen molar-refractivity contribution in [2.45, 2.75) is 61.3 Å². The summed E-state index contributed by atoms with van der Waals surface area (Å²) in [6.07, 6.45) is 0.329. The van der Waals surface area contributed by atoms with Gasteiger partial charge in [-0.1, -0.05) is 80.0 Å². The van der Waals surface area contributed by atoms with Crippen LogP contribution in [0.1, 0.15) is 42.6 Å². The summed E-state index contributed by atoms with van der Waals surface area (Å²) >= 11 is 7.73. The highest BCUT2D eigenvalue weighted by Gasteiger charge is 2.33. The van der Waals surface area contributed by atoms with Crippen molar-refractivity contribution in [3.05, 3.63) is 148 Å². The van der Waals surface area contributed by atoms with E-state index >= 15 is 4.39 Å². The second-order valence-corrected chi connectivity index (χ2v) is 19.7. The van der Waals surface area contributed by atoms with Crippen molar-refractivity contribution in [3.8, 4) is 11.1 Å². The lowest BCUT2D eigenvalue weighted by Crippen LogP contribution is -2.52. The zero-order valence-corrected chi connectivity index (χ0v) is 39.2. The number of likely N-dealkylation sites (tertiary alicyclic amines) is 1. The molecule has 5 aromatic carbocycles. The number of carbonyl (C=O) groups excluding carboxylic acids is 1. The number of hydrogen-bond acceptors (Lipinski definition) is 11. The van der Waals surface area contributed by atoms with Crippen molar-refractivity contribution in [1.29, 1.82) is 0 Å². The van der Waals surface area contributed by atoms with Crippen LogP contribution in [0, 0.1) is 10.1 Å². The van der Waals surface area contributed by atoms with Gasteiger partial charge in [0, 0.05) is 90.9 Å². The minimum absolute atomic E-state index is 0.105. The molecule has 0 saturated carbocycles. The lowest BCUT2D eigenvalue weighted by molar-refractivity contribution is -0.384. The molecule has 65 heavy (non-hydrogen) atoms. The minimum atomic E-state index is -4.49. The highest BCUT2D eigenvalue weighted by atomic mass is 35.5. The van der Waals surface area contributed by atoms with Crippen molar-refractivity contribution < 1.29 is 22.5 Å². The molecule has 3 atom stereocenters. The summed E-state index contributed by atoms with van der Waals surface area (Å²) < 4.78 is 44.6. The smallest absolute Gasteiger partial charge is 0.293 e. The van der Waals surface area contributed by atoms with E-state index in [9.17, 15) is 23.3 Å². The zero-order chi connectivity index (χ0) is 45.9. The van der Waals surface area contributed by atoms with Crippen LogP contribution < -0.4 is 14.9 Å². The SMILES string of the molecule is CCN(CC)C1CCN(CC[C@H](CSc2ccccc2)Nc2ccc(S(=O)(=O)NC(=O)c3ccc(N4CCN(Cc5ccccc5-c5ccc(Cl)cc5)CC4)cc3)cc2[N+](=O)[O-])CC1F. The van der Waals surface area contributed by atoms with Crippen LogP contribution in [0.5, 0.6) is 0 Å². The molecule has 2 N–H and O–H groups in total. The van der Waals surface area contributed by atoms with Gasteiger partial charge in [-0.25, -0.2) is 17.5 Å². The van der Waals surface area contributed by atoms with E-state index in [1.54, 1.807) is 36.0 Å². The number of anilines is 2. The molecule has 2 aliphatic rings. The van der Waals surface area contributed by atoms with Crippen LogP contribution in [-0.4, -0.2) is 117 Å². The Bertz CT molecular complexity index is 2480. The Balaban J connectivity index is 0.959. The van der Waals surface area contributed by atoms with Crippen LogP contribution in [0.25, 0.3) is 11.1 Å². The Kier molecular flexibility index (Phi) is 16.5. The molecule has 7 rings (SSSR count). The van der Waals surface area contributed by atoms with E-state index in [1.807, 2.05) is 60.7 Å². The van der Waals surface area contributed by atoms with Gasteiger partial charge < -0.3 is 15.1 Å². The lowest BCUT2D eigenvalue weighted by Gasteiger charge is -2.40. The molecule has 1 amide bonds. The maximum Gasteiger partial charge on any atom is 0.293 e. The second kappa shape index (κ2) is 22.4. The molecule has 2 fully saturated rings. The van der Waals surface area contributed by atoms with Crippen LogP contribution >= 0.6 is 23.4 Å². The number of benzene rings is 5. The number of rotatable bonds is 19. The quantitative estimate of drug-likeness (QED) is 0.0467. The van der Waals surface area contributed by atoms with Gasteiger partial charge in [0.05, 0.1) is 9.82 Å². The monoisotopic (exact) mass is 941 g/mol. The van der Waals surface area contributed by atoms with Gasteiger partial charge >= 0.3 is 0 Å². The van der Waals surface area contributed by atoms with E-state index in [1.165, 1.54) is 23.3 Å². The van der Waals surface area contributed by atoms with Crippen molar-refractivity contribution in [2.24, 2.45) is 0 Å². The van der Waals surface area contributed by atoms with Crippen molar-refractivity contribution >= 4 is 56.4 Å². The van der Waals surface area contributed by atoms with Crippen LogP contribution in [-0.2, 0) is 16.6 Å². The van der Waals surface area contributed by atoms with Crippen molar-refractivity contribution in [2.75, 3.05) is 74.9 Å². The maximum atomic E-state index is 15.4. The van der Waals surface area contributed by atoms with E-state index in [0.29, 0.717) is 30.3 Å². The van der Waals surface area contributed by atoms with Crippen LogP contribution in [0.3, 0.4) is 0 Å².